The zero-order chi connectivity index (χ0) is 25.2. The number of fused-ring (bicyclic) bond motifs is 1. The summed E-state index contributed by atoms with van der Waals surface area (Å²) in [6.07, 6.45) is 3.66. The Hall–Kier alpha value is -3.55. The maximum atomic E-state index is 13.5. The summed E-state index contributed by atoms with van der Waals surface area (Å²) in [6, 6.07) is 19.7. The van der Waals surface area contributed by atoms with Crippen molar-refractivity contribution in [3.8, 4) is 5.75 Å². The Bertz CT molecular complexity index is 1500. The number of thioether (sulfide) groups is 1. The van der Waals surface area contributed by atoms with Crippen LogP contribution in [0.25, 0.3) is 17.0 Å². The van der Waals surface area contributed by atoms with E-state index in [0.29, 0.717) is 22.2 Å². The van der Waals surface area contributed by atoms with E-state index < -0.39 is 0 Å². The molecule has 4 aromatic rings. The molecule has 182 valence electrons. The predicted octanol–water partition coefficient (Wildman–Crippen LogP) is 6.91. The second-order valence-corrected chi connectivity index (χ2v) is 9.86. The molecule has 2 heterocycles. The molecule has 0 aliphatic carbocycles. The molecule has 5 nitrogen and oxygen atoms in total. The van der Waals surface area contributed by atoms with Crippen LogP contribution < -0.4 is 4.74 Å². The van der Waals surface area contributed by atoms with Crippen LogP contribution in [0.3, 0.4) is 0 Å². The zero-order valence-corrected chi connectivity index (χ0v) is 21.0. The predicted molar refractivity (Wildman–Crippen MR) is 142 cm³/mol. The zero-order valence-electron chi connectivity index (χ0n) is 19.4. The van der Waals surface area contributed by atoms with E-state index in [2.05, 4.69) is 0 Å². The molecule has 3 aromatic carbocycles. The Morgan fingerprint density at radius 2 is 1.83 bits per heavy atom. The molecule has 36 heavy (non-hydrogen) atoms. The maximum absolute atomic E-state index is 13.5. The number of amides is 2. The van der Waals surface area contributed by atoms with Gasteiger partial charge in [0, 0.05) is 34.2 Å². The normalized spacial score (nSPS) is 14.9. The number of ether oxygens (including phenoxy) is 1. The number of para-hydroxylation sites is 1. The number of aryl methyl sites for hydroxylation is 1. The molecule has 0 atom stereocenters. The maximum Gasteiger partial charge on any atom is 0.293 e. The van der Waals surface area contributed by atoms with Gasteiger partial charge in [0.2, 0.25) is 0 Å². The highest BCUT2D eigenvalue weighted by molar-refractivity contribution is 8.18. The summed E-state index contributed by atoms with van der Waals surface area (Å²) in [6.45, 7) is 2.81. The molecule has 0 unspecified atom stereocenters. The third kappa shape index (κ3) is 5.03. The minimum Gasteiger partial charge on any atom is -0.492 e. The number of hydrogen-bond donors (Lipinski definition) is 0. The van der Waals surface area contributed by atoms with Gasteiger partial charge in [0.05, 0.1) is 11.4 Å². The first-order valence-corrected chi connectivity index (χ1v) is 12.5. The lowest BCUT2D eigenvalue weighted by Gasteiger charge is -2.13. The fourth-order valence-electron chi connectivity index (χ4n) is 4.08. The summed E-state index contributed by atoms with van der Waals surface area (Å²) in [5.41, 5.74) is 3.65. The van der Waals surface area contributed by atoms with Crippen LogP contribution in [0.4, 0.5) is 9.18 Å². The van der Waals surface area contributed by atoms with Crippen molar-refractivity contribution in [3.63, 3.8) is 0 Å². The molecule has 1 aromatic heterocycles. The van der Waals surface area contributed by atoms with Gasteiger partial charge in [-0.15, -0.1) is 0 Å². The molecule has 1 aliphatic rings. The summed E-state index contributed by atoms with van der Waals surface area (Å²) in [5.74, 6) is -0.0325. The van der Waals surface area contributed by atoms with E-state index in [1.807, 2.05) is 66.2 Å². The summed E-state index contributed by atoms with van der Waals surface area (Å²) < 4.78 is 21.2. The van der Waals surface area contributed by atoms with E-state index in [1.54, 1.807) is 12.1 Å². The molecule has 0 N–H and O–H groups in total. The van der Waals surface area contributed by atoms with Crippen molar-refractivity contribution >= 4 is 51.5 Å². The van der Waals surface area contributed by atoms with Crippen LogP contribution in [0.15, 0.2) is 77.8 Å². The number of aromatic nitrogens is 1. The van der Waals surface area contributed by atoms with Crippen LogP contribution in [0.1, 0.15) is 16.7 Å². The molecule has 1 fully saturated rings. The number of rotatable bonds is 7. The van der Waals surface area contributed by atoms with E-state index in [9.17, 15) is 14.0 Å². The van der Waals surface area contributed by atoms with Gasteiger partial charge in [-0.05, 0) is 60.7 Å². The van der Waals surface area contributed by atoms with Gasteiger partial charge < -0.3 is 9.30 Å². The van der Waals surface area contributed by atoms with Gasteiger partial charge in [0.25, 0.3) is 11.1 Å². The monoisotopic (exact) mass is 520 g/mol. The van der Waals surface area contributed by atoms with Gasteiger partial charge in [-0.25, -0.2) is 4.39 Å². The first-order valence-electron chi connectivity index (χ1n) is 11.4. The average molecular weight is 521 g/mol. The number of benzene rings is 3. The molecule has 0 saturated carbocycles. The molecule has 2 amide bonds. The number of halogens is 2. The Balaban J connectivity index is 1.35. The van der Waals surface area contributed by atoms with Crippen molar-refractivity contribution in [1.29, 1.82) is 0 Å². The number of carbonyl (C=O) groups excluding carboxylic acids is 2. The van der Waals surface area contributed by atoms with Crippen molar-refractivity contribution in [3.05, 3.63) is 105 Å². The van der Waals surface area contributed by atoms with E-state index in [4.69, 9.17) is 16.3 Å². The molecule has 0 radical (unpaired) electrons. The lowest BCUT2D eigenvalue weighted by Crippen LogP contribution is -2.32. The van der Waals surface area contributed by atoms with Gasteiger partial charge in [-0.2, -0.15) is 0 Å². The van der Waals surface area contributed by atoms with Crippen molar-refractivity contribution in [2.45, 2.75) is 13.5 Å². The average Bonchev–Trinajstić information content (AvgIpc) is 3.34. The molecule has 8 heteroatoms. The van der Waals surface area contributed by atoms with E-state index in [-0.39, 0.29) is 30.1 Å². The highest BCUT2D eigenvalue weighted by atomic mass is 35.5. The molecule has 0 spiro atoms. The Morgan fingerprint density at radius 1 is 1.06 bits per heavy atom. The molecular weight excluding hydrogens is 499 g/mol. The van der Waals surface area contributed by atoms with Gasteiger partial charge >= 0.3 is 0 Å². The van der Waals surface area contributed by atoms with Gasteiger partial charge in [0.15, 0.2) is 0 Å². The third-order valence-corrected chi connectivity index (χ3v) is 7.20. The van der Waals surface area contributed by atoms with E-state index in [1.165, 1.54) is 17.0 Å². The summed E-state index contributed by atoms with van der Waals surface area (Å²) in [4.78, 5) is 27.2. The number of imide groups is 1. The Morgan fingerprint density at radius 3 is 2.61 bits per heavy atom. The number of nitrogens with zero attached hydrogens (tertiary/aromatic N) is 2. The first kappa shape index (κ1) is 24.2. The number of hydrogen-bond acceptors (Lipinski definition) is 4. The van der Waals surface area contributed by atoms with E-state index >= 15 is 0 Å². The van der Waals surface area contributed by atoms with Crippen LogP contribution >= 0.6 is 23.4 Å². The Kier molecular flexibility index (Phi) is 6.85. The fraction of sp³-hybridized carbons (Fsp3) is 0.143. The molecular formula is C28H22ClFN2O3S. The van der Waals surface area contributed by atoms with Crippen molar-refractivity contribution < 1.29 is 18.7 Å². The molecule has 1 aliphatic heterocycles. The summed E-state index contributed by atoms with van der Waals surface area (Å²) in [5, 5.41) is 0.967. The summed E-state index contributed by atoms with van der Waals surface area (Å²) >= 11 is 7.17. The highest BCUT2D eigenvalue weighted by Crippen LogP contribution is 2.34. The minimum atomic E-state index is -0.387. The van der Waals surface area contributed by atoms with Crippen LogP contribution in [-0.4, -0.2) is 33.8 Å². The lowest BCUT2D eigenvalue weighted by molar-refractivity contribution is -0.123. The standard InChI is InChI=1S/C28H22ClFN2O3S/c1-18-6-10-22(11-7-18)35-13-12-32-27(33)26(36-28(32)34)14-20-17-31(25-5-3-2-4-23(20)25)16-19-8-9-21(30)15-24(19)29/h2-11,14-15,17H,12-13,16H2,1H3/b26-14-. The minimum absolute atomic E-state index is 0.167. The number of carbonyl (C=O) groups is 2. The quantitative estimate of drug-likeness (QED) is 0.248. The second kappa shape index (κ2) is 10.2. The largest absolute Gasteiger partial charge is 0.492 e. The van der Waals surface area contributed by atoms with Crippen molar-refractivity contribution in [2.24, 2.45) is 0 Å². The second-order valence-electron chi connectivity index (χ2n) is 8.46. The Labute approximate surface area is 217 Å². The van der Waals surface area contributed by atoms with Crippen LogP contribution in [0.2, 0.25) is 5.02 Å². The SMILES string of the molecule is Cc1ccc(OCCN2C(=O)S/C(=C\c3cn(Cc4ccc(F)cc4Cl)c4ccccc34)C2=O)cc1. The molecule has 5 rings (SSSR count). The van der Waals surface area contributed by atoms with Crippen LogP contribution in [-0.2, 0) is 11.3 Å². The van der Waals surface area contributed by atoms with Gasteiger partial charge in [-0.1, -0.05) is 53.6 Å². The first-order chi connectivity index (χ1) is 17.4. The molecule has 1 saturated heterocycles. The third-order valence-electron chi connectivity index (χ3n) is 5.94. The van der Waals surface area contributed by atoms with Crippen LogP contribution in [0.5, 0.6) is 5.75 Å². The van der Waals surface area contributed by atoms with Gasteiger partial charge in [-0.3, -0.25) is 14.5 Å². The smallest absolute Gasteiger partial charge is 0.293 e. The van der Waals surface area contributed by atoms with E-state index in [0.717, 1.165) is 39.4 Å². The van der Waals surface area contributed by atoms with Crippen molar-refractivity contribution in [2.75, 3.05) is 13.2 Å². The van der Waals surface area contributed by atoms with Crippen molar-refractivity contribution in [1.82, 2.24) is 9.47 Å². The van der Waals surface area contributed by atoms with Gasteiger partial charge in [0.1, 0.15) is 18.2 Å². The molecule has 0 bridgehead atoms. The van der Waals surface area contributed by atoms with Crippen LogP contribution in [0, 0.1) is 12.7 Å². The highest BCUT2D eigenvalue weighted by Gasteiger charge is 2.35. The lowest BCUT2D eigenvalue weighted by atomic mass is 10.1. The topological polar surface area (TPSA) is 51.5 Å². The summed E-state index contributed by atoms with van der Waals surface area (Å²) in [7, 11) is 0. The fourth-order valence-corrected chi connectivity index (χ4v) is 5.16.